The van der Waals surface area contributed by atoms with Crippen LogP contribution in [0.5, 0.6) is 0 Å². The number of likely N-dealkylation sites (N-methyl/N-ethyl adjacent to an activating group) is 1. The molecule has 1 aliphatic rings. The Labute approximate surface area is 149 Å². The number of nitrogens with zero attached hydrogens (tertiary/aromatic N) is 2. The van der Waals surface area contributed by atoms with Crippen molar-refractivity contribution in [2.45, 2.75) is 38.8 Å². The van der Waals surface area contributed by atoms with E-state index >= 15 is 0 Å². The van der Waals surface area contributed by atoms with Gasteiger partial charge in [-0.05, 0) is 51.9 Å². The topological polar surface area (TPSA) is 59.1 Å². The van der Waals surface area contributed by atoms with Gasteiger partial charge in [0.15, 0.2) is 0 Å². The number of ether oxygens (including phenoxy) is 2. The summed E-state index contributed by atoms with van der Waals surface area (Å²) in [5.74, 6) is -0.365. The molecule has 0 spiro atoms. The first-order valence-electron chi connectivity index (χ1n) is 8.57. The summed E-state index contributed by atoms with van der Waals surface area (Å²) in [4.78, 5) is 28.3. The first-order chi connectivity index (χ1) is 11.7. The quantitative estimate of drug-likeness (QED) is 0.769. The van der Waals surface area contributed by atoms with Gasteiger partial charge in [0.1, 0.15) is 5.60 Å². The molecular weight excluding hydrogens is 320 g/mol. The molecule has 1 atom stereocenters. The van der Waals surface area contributed by atoms with E-state index in [-0.39, 0.29) is 18.1 Å². The minimum atomic E-state index is -0.533. The van der Waals surface area contributed by atoms with Crippen molar-refractivity contribution in [1.29, 1.82) is 0 Å². The third-order valence-corrected chi connectivity index (χ3v) is 4.23. The Morgan fingerprint density at radius 1 is 1.08 bits per heavy atom. The Kier molecular flexibility index (Phi) is 6.06. The fraction of sp³-hybridized carbons (Fsp3) is 0.579. The standard InChI is InChI=1S/C19H28N2O4/c1-19(2,3)25-18(23)21-13-12-20(4)11-10-16(21)14-6-8-15(9-7-14)17(22)24-5/h6-9,16H,10-13H2,1-5H3. The van der Waals surface area contributed by atoms with Crippen LogP contribution in [0.4, 0.5) is 4.79 Å². The van der Waals surface area contributed by atoms with Crippen LogP contribution < -0.4 is 0 Å². The van der Waals surface area contributed by atoms with Crippen molar-refractivity contribution in [2.24, 2.45) is 0 Å². The van der Waals surface area contributed by atoms with Crippen LogP contribution in [0.1, 0.15) is 49.2 Å². The van der Waals surface area contributed by atoms with Gasteiger partial charge in [0.25, 0.3) is 0 Å². The highest BCUT2D eigenvalue weighted by Gasteiger charge is 2.31. The molecule has 2 rings (SSSR count). The molecule has 1 heterocycles. The average Bonchev–Trinajstić information content (AvgIpc) is 2.74. The van der Waals surface area contributed by atoms with E-state index in [0.29, 0.717) is 12.1 Å². The van der Waals surface area contributed by atoms with Crippen LogP contribution in [-0.2, 0) is 9.47 Å². The zero-order chi connectivity index (χ0) is 18.6. The number of rotatable bonds is 2. The highest BCUT2D eigenvalue weighted by Crippen LogP contribution is 2.28. The first kappa shape index (κ1) is 19.2. The van der Waals surface area contributed by atoms with E-state index < -0.39 is 5.60 Å². The molecule has 138 valence electrons. The van der Waals surface area contributed by atoms with Crippen molar-refractivity contribution >= 4 is 12.1 Å². The van der Waals surface area contributed by atoms with Gasteiger partial charge in [-0.3, -0.25) is 4.90 Å². The van der Waals surface area contributed by atoms with E-state index in [1.807, 2.05) is 32.9 Å². The summed E-state index contributed by atoms with van der Waals surface area (Å²) < 4.78 is 10.3. The molecule has 1 unspecified atom stereocenters. The number of hydrogen-bond acceptors (Lipinski definition) is 5. The number of benzene rings is 1. The Bertz CT molecular complexity index is 607. The number of esters is 1. The van der Waals surface area contributed by atoms with Crippen LogP contribution in [0, 0.1) is 0 Å². The minimum absolute atomic E-state index is 0.0773. The summed E-state index contributed by atoms with van der Waals surface area (Å²) in [7, 11) is 3.41. The third-order valence-electron chi connectivity index (χ3n) is 4.23. The van der Waals surface area contributed by atoms with Gasteiger partial charge in [0, 0.05) is 19.6 Å². The summed E-state index contributed by atoms with van der Waals surface area (Å²) in [6.07, 6.45) is 0.512. The normalized spacial score (nSPS) is 19.2. The third kappa shape index (κ3) is 5.19. The Morgan fingerprint density at radius 3 is 2.28 bits per heavy atom. The number of hydrogen-bond donors (Lipinski definition) is 0. The van der Waals surface area contributed by atoms with Crippen LogP contribution in [0.2, 0.25) is 0 Å². The number of methoxy groups -OCH3 is 1. The molecule has 6 nitrogen and oxygen atoms in total. The molecule has 6 heteroatoms. The van der Waals surface area contributed by atoms with Gasteiger partial charge >= 0.3 is 12.1 Å². The van der Waals surface area contributed by atoms with Crippen LogP contribution >= 0.6 is 0 Å². The smallest absolute Gasteiger partial charge is 0.410 e. The lowest BCUT2D eigenvalue weighted by Crippen LogP contribution is -2.40. The van der Waals surface area contributed by atoms with Crippen molar-refractivity contribution in [1.82, 2.24) is 9.80 Å². The first-order valence-corrected chi connectivity index (χ1v) is 8.57. The molecule has 0 saturated carbocycles. The number of carbonyl (C=O) groups excluding carboxylic acids is 2. The maximum absolute atomic E-state index is 12.7. The molecule has 0 aliphatic carbocycles. The van der Waals surface area contributed by atoms with Crippen LogP contribution in [-0.4, -0.2) is 61.3 Å². The second-order valence-corrected chi connectivity index (χ2v) is 7.40. The predicted molar refractivity (Wildman–Crippen MR) is 95.6 cm³/mol. The van der Waals surface area contributed by atoms with Crippen LogP contribution in [0.15, 0.2) is 24.3 Å². The summed E-state index contributed by atoms with van der Waals surface area (Å²) >= 11 is 0. The molecule has 1 fully saturated rings. The van der Waals surface area contributed by atoms with E-state index in [2.05, 4.69) is 11.9 Å². The molecular formula is C19H28N2O4. The largest absolute Gasteiger partial charge is 0.465 e. The lowest BCUT2D eigenvalue weighted by atomic mass is 10.0. The van der Waals surface area contributed by atoms with Crippen LogP contribution in [0.3, 0.4) is 0 Å². The van der Waals surface area contributed by atoms with E-state index in [9.17, 15) is 9.59 Å². The second-order valence-electron chi connectivity index (χ2n) is 7.40. The van der Waals surface area contributed by atoms with Gasteiger partial charge in [0.2, 0.25) is 0 Å². The van der Waals surface area contributed by atoms with E-state index in [4.69, 9.17) is 9.47 Å². The maximum atomic E-state index is 12.7. The van der Waals surface area contributed by atoms with E-state index in [1.54, 1.807) is 17.0 Å². The molecule has 1 amide bonds. The Hall–Kier alpha value is -2.08. The molecule has 0 radical (unpaired) electrons. The maximum Gasteiger partial charge on any atom is 0.410 e. The van der Waals surface area contributed by atoms with Gasteiger partial charge in [0.05, 0.1) is 18.7 Å². The Balaban J connectivity index is 2.26. The molecule has 0 N–H and O–H groups in total. The van der Waals surface area contributed by atoms with Gasteiger partial charge < -0.3 is 14.4 Å². The molecule has 1 saturated heterocycles. The minimum Gasteiger partial charge on any atom is -0.465 e. The molecule has 25 heavy (non-hydrogen) atoms. The fourth-order valence-electron chi connectivity index (χ4n) is 2.89. The van der Waals surface area contributed by atoms with Crippen molar-refractivity contribution < 1.29 is 19.1 Å². The van der Waals surface area contributed by atoms with Crippen molar-refractivity contribution in [3.63, 3.8) is 0 Å². The van der Waals surface area contributed by atoms with Crippen LogP contribution in [0.25, 0.3) is 0 Å². The molecule has 0 aromatic heterocycles. The number of carbonyl (C=O) groups is 2. The van der Waals surface area contributed by atoms with E-state index in [0.717, 1.165) is 25.1 Å². The van der Waals surface area contributed by atoms with Crippen molar-refractivity contribution in [3.8, 4) is 0 Å². The fourth-order valence-corrected chi connectivity index (χ4v) is 2.89. The molecule has 1 aliphatic heterocycles. The SMILES string of the molecule is COC(=O)c1ccc(C2CCN(C)CCN2C(=O)OC(C)(C)C)cc1. The summed E-state index contributed by atoms with van der Waals surface area (Å²) in [6.45, 7) is 7.91. The zero-order valence-electron chi connectivity index (χ0n) is 15.7. The lowest BCUT2D eigenvalue weighted by Gasteiger charge is -2.32. The Morgan fingerprint density at radius 2 is 1.72 bits per heavy atom. The van der Waals surface area contributed by atoms with Gasteiger partial charge in [-0.1, -0.05) is 12.1 Å². The highest BCUT2D eigenvalue weighted by atomic mass is 16.6. The van der Waals surface area contributed by atoms with Gasteiger partial charge in [-0.15, -0.1) is 0 Å². The zero-order valence-corrected chi connectivity index (χ0v) is 15.7. The lowest BCUT2D eigenvalue weighted by molar-refractivity contribution is 0.0168. The average molecular weight is 348 g/mol. The molecule has 1 aromatic carbocycles. The van der Waals surface area contributed by atoms with Gasteiger partial charge in [-0.2, -0.15) is 0 Å². The monoisotopic (exact) mass is 348 g/mol. The molecule has 1 aromatic rings. The van der Waals surface area contributed by atoms with Gasteiger partial charge in [-0.25, -0.2) is 9.59 Å². The highest BCUT2D eigenvalue weighted by molar-refractivity contribution is 5.89. The summed E-state index contributed by atoms with van der Waals surface area (Å²) in [6, 6.07) is 7.18. The van der Waals surface area contributed by atoms with Crippen molar-refractivity contribution in [2.75, 3.05) is 33.8 Å². The van der Waals surface area contributed by atoms with E-state index in [1.165, 1.54) is 7.11 Å². The second kappa shape index (κ2) is 7.87. The summed E-state index contributed by atoms with van der Waals surface area (Å²) in [5.41, 5.74) is 0.962. The number of amides is 1. The summed E-state index contributed by atoms with van der Waals surface area (Å²) in [5, 5.41) is 0. The predicted octanol–water partition coefficient (Wildman–Crippen LogP) is 3.09. The van der Waals surface area contributed by atoms with Crippen molar-refractivity contribution in [3.05, 3.63) is 35.4 Å². The molecule has 0 bridgehead atoms.